The molecular weight excluding hydrogens is 313 g/mol. The van der Waals surface area contributed by atoms with Crippen molar-refractivity contribution in [2.24, 2.45) is 0 Å². The molecule has 0 saturated heterocycles. The standard InChI is InChI=1S/C15H15Cl2NO3/c1-9(10-3-4-12(16)13(17)7-10)18-8-11-5-6-21-14(11)15(19)20-2/h3-7,9,18H,8H2,1-2H3. The van der Waals surface area contributed by atoms with E-state index in [1.165, 1.54) is 13.4 Å². The number of carbonyl (C=O) groups is 1. The van der Waals surface area contributed by atoms with Crippen LogP contribution in [-0.4, -0.2) is 13.1 Å². The molecule has 1 atom stereocenters. The number of benzene rings is 1. The minimum absolute atomic E-state index is 0.0418. The van der Waals surface area contributed by atoms with Crippen LogP contribution < -0.4 is 5.32 Å². The zero-order chi connectivity index (χ0) is 15.4. The van der Waals surface area contributed by atoms with Gasteiger partial charge in [0.05, 0.1) is 23.4 Å². The van der Waals surface area contributed by atoms with Crippen LogP contribution >= 0.6 is 23.2 Å². The Morgan fingerprint density at radius 3 is 2.76 bits per heavy atom. The summed E-state index contributed by atoms with van der Waals surface area (Å²) in [7, 11) is 1.32. The molecule has 0 aliphatic carbocycles. The van der Waals surface area contributed by atoms with Crippen molar-refractivity contribution in [1.82, 2.24) is 5.32 Å². The van der Waals surface area contributed by atoms with Gasteiger partial charge in [0.2, 0.25) is 5.76 Å². The highest BCUT2D eigenvalue weighted by Gasteiger charge is 2.16. The number of hydrogen-bond acceptors (Lipinski definition) is 4. The predicted octanol–water partition coefficient (Wildman–Crippen LogP) is 4.22. The second-order valence-electron chi connectivity index (χ2n) is 4.54. The molecule has 0 amide bonds. The Bertz CT molecular complexity index is 640. The van der Waals surface area contributed by atoms with Crippen LogP contribution in [0, 0.1) is 0 Å². The molecule has 0 fully saturated rings. The van der Waals surface area contributed by atoms with Gasteiger partial charge in [-0.25, -0.2) is 4.79 Å². The second kappa shape index (κ2) is 6.98. The lowest BCUT2D eigenvalue weighted by Crippen LogP contribution is -2.19. The molecule has 4 nitrogen and oxygen atoms in total. The number of carbonyl (C=O) groups excluding carboxylic acids is 1. The molecule has 1 aromatic heterocycles. The van der Waals surface area contributed by atoms with E-state index in [-0.39, 0.29) is 11.8 Å². The molecular formula is C15H15Cl2NO3. The molecule has 0 saturated carbocycles. The van der Waals surface area contributed by atoms with Crippen molar-refractivity contribution in [3.05, 3.63) is 57.5 Å². The molecule has 1 heterocycles. The first-order valence-corrected chi connectivity index (χ1v) is 7.11. The summed E-state index contributed by atoms with van der Waals surface area (Å²) >= 11 is 11.9. The minimum atomic E-state index is -0.487. The smallest absolute Gasteiger partial charge is 0.374 e. The average molecular weight is 328 g/mol. The first-order chi connectivity index (χ1) is 10.0. The molecule has 6 heteroatoms. The third-order valence-corrected chi connectivity index (χ3v) is 3.90. The molecule has 112 valence electrons. The lowest BCUT2D eigenvalue weighted by atomic mass is 10.1. The zero-order valence-corrected chi connectivity index (χ0v) is 13.2. The van der Waals surface area contributed by atoms with Crippen LogP contribution in [0.5, 0.6) is 0 Å². The van der Waals surface area contributed by atoms with E-state index in [9.17, 15) is 4.79 Å². The average Bonchev–Trinajstić information content (AvgIpc) is 2.95. The Labute approximate surface area is 133 Å². The Morgan fingerprint density at radius 2 is 2.10 bits per heavy atom. The molecule has 0 spiro atoms. The SMILES string of the molecule is COC(=O)c1occc1CNC(C)c1ccc(Cl)c(Cl)c1. The van der Waals surface area contributed by atoms with Crippen molar-refractivity contribution in [1.29, 1.82) is 0 Å². The highest BCUT2D eigenvalue weighted by atomic mass is 35.5. The van der Waals surface area contributed by atoms with Crippen molar-refractivity contribution in [3.8, 4) is 0 Å². The third-order valence-electron chi connectivity index (χ3n) is 3.16. The number of hydrogen-bond donors (Lipinski definition) is 1. The quantitative estimate of drug-likeness (QED) is 0.835. The van der Waals surface area contributed by atoms with Gasteiger partial charge in [-0.15, -0.1) is 0 Å². The van der Waals surface area contributed by atoms with E-state index >= 15 is 0 Å². The first kappa shape index (κ1) is 15.9. The van der Waals surface area contributed by atoms with Crippen molar-refractivity contribution < 1.29 is 13.9 Å². The highest BCUT2D eigenvalue weighted by Crippen LogP contribution is 2.25. The van der Waals surface area contributed by atoms with E-state index in [0.29, 0.717) is 16.6 Å². The van der Waals surface area contributed by atoms with Crippen LogP contribution in [-0.2, 0) is 11.3 Å². The van der Waals surface area contributed by atoms with Gasteiger partial charge in [0, 0.05) is 18.2 Å². The fourth-order valence-electron chi connectivity index (χ4n) is 1.91. The summed E-state index contributed by atoms with van der Waals surface area (Å²) in [6.07, 6.45) is 1.47. The Hall–Kier alpha value is -1.49. The molecule has 1 unspecified atom stereocenters. The molecule has 0 bridgehead atoms. The van der Waals surface area contributed by atoms with Crippen LogP contribution in [0.4, 0.5) is 0 Å². The fraction of sp³-hybridized carbons (Fsp3) is 0.267. The maximum Gasteiger partial charge on any atom is 0.374 e. The van der Waals surface area contributed by atoms with Crippen LogP contribution in [0.1, 0.15) is 34.6 Å². The summed E-state index contributed by atoms with van der Waals surface area (Å²) in [5.74, 6) is -0.273. The fourth-order valence-corrected chi connectivity index (χ4v) is 2.22. The third kappa shape index (κ3) is 3.79. The Morgan fingerprint density at radius 1 is 1.33 bits per heavy atom. The van der Waals surface area contributed by atoms with E-state index in [2.05, 4.69) is 10.1 Å². The van der Waals surface area contributed by atoms with Crippen molar-refractivity contribution in [2.75, 3.05) is 7.11 Å². The van der Waals surface area contributed by atoms with Crippen LogP contribution in [0.2, 0.25) is 10.0 Å². The van der Waals surface area contributed by atoms with E-state index in [1.807, 2.05) is 19.1 Å². The van der Waals surface area contributed by atoms with Gasteiger partial charge in [-0.2, -0.15) is 0 Å². The van der Waals surface area contributed by atoms with Gasteiger partial charge in [-0.05, 0) is 30.7 Å². The van der Waals surface area contributed by atoms with Crippen molar-refractivity contribution in [3.63, 3.8) is 0 Å². The number of nitrogens with one attached hydrogen (secondary N) is 1. The molecule has 2 aromatic rings. The van der Waals surface area contributed by atoms with E-state index in [4.69, 9.17) is 27.6 Å². The van der Waals surface area contributed by atoms with Gasteiger partial charge in [-0.1, -0.05) is 29.3 Å². The number of halogens is 2. The highest BCUT2D eigenvalue weighted by molar-refractivity contribution is 6.42. The van der Waals surface area contributed by atoms with Crippen LogP contribution in [0.15, 0.2) is 34.9 Å². The largest absolute Gasteiger partial charge is 0.463 e. The van der Waals surface area contributed by atoms with E-state index < -0.39 is 5.97 Å². The predicted molar refractivity (Wildman–Crippen MR) is 81.8 cm³/mol. The summed E-state index contributed by atoms with van der Waals surface area (Å²) < 4.78 is 9.80. The monoisotopic (exact) mass is 327 g/mol. The van der Waals surface area contributed by atoms with Gasteiger partial charge in [0.25, 0.3) is 0 Å². The topological polar surface area (TPSA) is 51.5 Å². The number of ether oxygens (including phenoxy) is 1. The normalized spacial score (nSPS) is 12.2. The van der Waals surface area contributed by atoms with Crippen molar-refractivity contribution in [2.45, 2.75) is 19.5 Å². The number of methoxy groups -OCH3 is 1. The lowest BCUT2D eigenvalue weighted by Gasteiger charge is -2.14. The van der Waals surface area contributed by atoms with E-state index in [0.717, 1.165) is 11.1 Å². The van der Waals surface area contributed by atoms with Gasteiger partial charge in [-0.3, -0.25) is 0 Å². The summed E-state index contributed by atoms with van der Waals surface area (Å²) in [6, 6.07) is 7.26. The minimum Gasteiger partial charge on any atom is -0.463 e. The van der Waals surface area contributed by atoms with Gasteiger partial charge >= 0.3 is 5.97 Å². The molecule has 2 rings (SSSR count). The first-order valence-electron chi connectivity index (χ1n) is 6.36. The number of rotatable bonds is 5. The Balaban J connectivity index is 2.04. The lowest BCUT2D eigenvalue weighted by molar-refractivity contribution is 0.0563. The molecule has 0 aliphatic rings. The molecule has 0 aliphatic heterocycles. The van der Waals surface area contributed by atoms with E-state index in [1.54, 1.807) is 12.1 Å². The molecule has 1 aromatic carbocycles. The maximum atomic E-state index is 11.5. The summed E-state index contributed by atoms with van der Waals surface area (Å²) in [5.41, 5.74) is 1.75. The molecule has 21 heavy (non-hydrogen) atoms. The van der Waals surface area contributed by atoms with Gasteiger partial charge < -0.3 is 14.5 Å². The van der Waals surface area contributed by atoms with Crippen LogP contribution in [0.25, 0.3) is 0 Å². The zero-order valence-electron chi connectivity index (χ0n) is 11.7. The second-order valence-corrected chi connectivity index (χ2v) is 5.36. The van der Waals surface area contributed by atoms with Crippen molar-refractivity contribution >= 4 is 29.2 Å². The summed E-state index contributed by atoms with van der Waals surface area (Å²) in [6.45, 7) is 2.47. The number of esters is 1. The molecule has 1 N–H and O–H groups in total. The van der Waals surface area contributed by atoms with Crippen LogP contribution in [0.3, 0.4) is 0 Å². The summed E-state index contributed by atoms with van der Waals surface area (Å²) in [4.78, 5) is 11.5. The maximum absolute atomic E-state index is 11.5. The van der Waals surface area contributed by atoms with Gasteiger partial charge in [0.1, 0.15) is 0 Å². The summed E-state index contributed by atoms with van der Waals surface area (Å²) in [5, 5.41) is 4.34. The Kier molecular flexibility index (Phi) is 5.28. The van der Waals surface area contributed by atoms with Gasteiger partial charge in [0.15, 0.2) is 0 Å². The number of furan rings is 1. The molecule has 0 radical (unpaired) electrons.